The van der Waals surface area contributed by atoms with Crippen molar-refractivity contribution in [1.82, 2.24) is 14.5 Å². The van der Waals surface area contributed by atoms with Gasteiger partial charge in [-0.25, -0.2) is 8.42 Å². The van der Waals surface area contributed by atoms with Gasteiger partial charge in [-0.3, -0.25) is 4.99 Å². The Labute approximate surface area is 178 Å². The predicted molar refractivity (Wildman–Crippen MR) is 118 cm³/mol. The Balaban J connectivity index is 0.00000243. The van der Waals surface area contributed by atoms with Crippen LogP contribution in [0.15, 0.2) is 26.7 Å². The number of hydrogen-bond donors (Lipinski definition) is 1. The molecule has 0 radical (unpaired) electrons. The average molecular weight is 512 g/mol. The Bertz CT molecular complexity index is 702. The van der Waals surface area contributed by atoms with Crippen molar-refractivity contribution in [2.45, 2.75) is 36.8 Å². The largest absolute Gasteiger partial charge is 0.357 e. The molecule has 26 heavy (non-hydrogen) atoms. The molecule has 2 heterocycles. The fraction of sp³-hybridized carbons (Fsp3) is 0.706. The Morgan fingerprint density at radius 1 is 1.42 bits per heavy atom. The van der Waals surface area contributed by atoms with E-state index in [4.69, 9.17) is 0 Å². The first kappa shape index (κ1) is 21.9. The number of thiophene rings is 1. The molecule has 148 valence electrons. The fourth-order valence-electron chi connectivity index (χ4n) is 3.61. The van der Waals surface area contributed by atoms with Crippen LogP contribution in [-0.2, 0) is 10.0 Å². The molecule has 0 aromatic carbocycles. The van der Waals surface area contributed by atoms with E-state index in [2.05, 4.69) is 22.1 Å². The number of likely N-dealkylation sites (N-methyl/N-ethyl adjacent to an activating group) is 1. The summed E-state index contributed by atoms with van der Waals surface area (Å²) in [6.45, 7) is 5.88. The standard InChI is InChI=1S/C17H28N4O2S2.HI/c1-3-18-16(21-11-9-17(14-21)7-5-8-17)19-10-12-20(2)25(22,23)15-6-4-13-24-15;/h4,6,13H,3,5,7-12,14H2,1-2H3,(H,18,19);1H. The summed E-state index contributed by atoms with van der Waals surface area (Å²) in [6.07, 6.45) is 5.28. The summed E-state index contributed by atoms with van der Waals surface area (Å²) in [4.78, 5) is 7.03. The van der Waals surface area contributed by atoms with Crippen LogP contribution in [0.1, 0.15) is 32.6 Å². The predicted octanol–water partition coefficient (Wildman–Crippen LogP) is 2.83. The molecule has 2 fully saturated rings. The molecule has 1 aromatic rings. The lowest BCUT2D eigenvalue weighted by atomic mass is 9.68. The number of halogens is 1. The van der Waals surface area contributed by atoms with E-state index < -0.39 is 10.0 Å². The van der Waals surface area contributed by atoms with Gasteiger partial charge in [-0.1, -0.05) is 12.5 Å². The van der Waals surface area contributed by atoms with E-state index >= 15 is 0 Å². The first-order valence-electron chi connectivity index (χ1n) is 9.00. The number of aliphatic imine (C=N–C) groups is 1. The molecule has 9 heteroatoms. The maximum absolute atomic E-state index is 12.4. The van der Waals surface area contributed by atoms with Gasteiger partial charge in [0, 0.05) is 33.2 Å². The monoisotopic (exact) mass is 512 g/mol. The van der Waals surface area contributed by atoms with Crippen molar-refractivity contribution in [2.75, 3.05) is 39.8 Å². The highest BCUT2D eigenvalue weighted by Gasteiger charge is 2.43. The molecule has 0 atom stereocenters. The molecule has 6 nitrogen and oxygen atoms in total. The quantitative estimate of drug-likeness (QED) is 0.362. The molecule has 3 rings (SSSR count). The molecule has 1 aromatic heterocycles. The summed E-state index contributed by atoms with van der Waals surface area (Å²) in [5.74, 6) is 0.924. The van der Waals surface area contributed by atoms with Gasteiger partial charge < -0.3 is 10.2 Å². The Morgan fingerprint density at radius 2 is 2.19 bits per heavy atom. The van der Waals surface area contributed by atoms with E-state index in [1.807, 2.05) is 0 Å². The normalized spacial score (nSPS) is 19.5. The zero-order valence-corrected chi connectivity index (χ0v) is 19.4. The highest BCUT2D eigenvalue weighted by Crippen LogP contribution is 2.47. The molecule has 1 aliphatic heterocycles. The van der Waals surface area contributed by atoms with Gasteiger partial charge in [0.25, 0.3) is 10.0 Å². The maximum Gasteiger partial charge on any atom is 0.252 e. The third kappa shape index (κ3) is 4.71. The van der Waals surface area contributed by atoms with Crippen molar-refractivity contribution in [1.29, 1.82) is 0 Å². The van der Waals surface area contributed by atoms with Crippen LogP contribution in [-0.4, -0.2) is 63.4 Å². The number of guanidine groups is 1. The molecule has 1 saturated carbocycles. The Hall–Kier alpha value is -0.390. The van der Waals surface area contributed by atoms with E-state index in [9.17, 15) is 8.42 Å². The SMILES string of the molecule is CCNC(=NCCN(C)S(=O)(=O)c1cccs1)N1CCC2(CCC2)C1.I. The van der Waals surface area contributed by atoms with Crippen molar-refractivity contribution in [3.05, 3.63) is 17.5 Å². The van der Waals surface area contributed by atoms with Crippen LogP contribution in [0.25, 0.3) is 0 Å². The molecule has 1 aliphatic carbocycles. The fourth-order valence-corrected chi connectivity index (χ4v) is 5.97. The molecule has 1 spiro atoms. The molecule has 0 amide bonds. The number of nitrogens with zero attached hydrogens (tertiary/aromatic N) is 3. The van der Waals surface area contributed by atoms with Gasteiger partial charge in [0.1, 0.15) is 4.21 Å². The van der Waals surface area contributed by atoms with E-state index in [-0.39, 0.29) is 24.0 Å². The number of likely N-dealkylation sites (tertiary alicyclic amines) is 1. The van der Waals surface area contributed by atoms with Crippen molar-refractivity contribution in [2.24, 2.45) is 10.4 Å². The molecule has 0 bridgehead atoms. The first-order chi connectivity index (χ1) is 12.0. The highest BCUT2D eigenvalue weighted by atomic mass is 127. The number of hydrogen-bond acceptors (Lipinski definition) is 4. The van der Waals surface area contributed by atoms with Crippen LogP contribution in [0, 0.1) is 5.41 Å². The van der Waals surface area contributed by atoms with Gasteiger partial charge in [0.2, 0.25) is 0 Å². The molecular formula is C17H29IN4O2S2. The first-order valence-corrected chi connectivity index (χ1v) is 11.3. The molecule has 1 N–H and O–H groups in total. The highest BCUT2D eigenvalue weighted by molar-refractivity contribution is 14.0. The number of nitrogens with one attached hydrogen (secondary N) is 1. The van der Waals surface area contributed by atoms with E-state index in [0.717, 1.165) is 25.6 Å². The van der Waals surface area contributed by atoms with Crippen LogP contribution in [0.5, 0.6) is 0 Å². The lowest BCUT2D eigenvalue weighted by Crippen LogP contribution is -2.43. The van der Waals surface area contributed by atoms with Crippen LogP contribution < -0.4 is 5.32 Å². The van der Waals surface area contributed by atoms with Gasteiger partial charge in [-0.15, -0.1) is 35.3 Å². The second kappa shape index (κ2) is 9.20. The average Bonchev–Trinajstić information content (AvgIpc) is 3.23. The zero-order chi connectivity index (χ0) is 17.9. The van der Waals surface area contributed by atoms with E-state index in [1.165, 1.54) is 41.3 Å². The summed E-state index contributed by atoms with van der Waals surface area (Å²) in [7, 11) is -1.77. The lowest BCUT2D eigenvalue weighted by molar-refractivity contribution is 0.151. The Kier molecular flexibility index (Phi) is 7.75. The summed E-state index contributed by atoms with van der Waals surface area (Å²) < 4.78 is 26.7. The van der Waals surface area contributed by atoms with Crippen molar-refractivity contribution in [3.63, 3.8) is 0 Å². The van der Waals surface area contributed by atoms with Crippen molar-refractivity contribution in [3.8, 4) is 0 Å². The summed E-state index contributed by atoms with van der Waals surface area (Å²) in [5, 5.41) is 5.14. The summed E-state index contributed by atoms with van der Waals surface area (Å²) >= 11 is 1.25. The second-order valence-electron chi connectivity index (χ2n) is 7.02. The smallest absolute Gasteiger partial charge is 0.252 e. The third-order valence-electron chi connectivity index (χ3n) is 5.32. The van der Waals surface area contributed by atoms with Gasteiger partial charge in [-0.05, 0) is 43.0 Å². The van der Waals surface area contributed by atoms with Gasteiger partial charge in [-0.2, -0.15) is 4.31 Å². The van der Waals surface area contributed by atoms with Crippen LogP contribution >= 0.6 is 35.3 Å². The number of rotatable bonds is 6. The maximum atomic E-state index is 12.4. The third-order valence-corrected chi connectivity index (χ3v) is 8.55. The Morgan fingerprint density at radius 3 is 2.73 bits per heavy atom. The molecule has 1 saturated heterocycles. The zero-order valence-electron chi connectivity index (χ0n) is 15.5. The molecule has 2 aliphatic rings. The molecule has 0 unspecified atom stereocenters. The summed E-state index contributed by atoms with van der Waals surface area (Å²) in [6, 6.07) is 3.41. The van der Waals surface area contributed by atoms with Crippen molar-refractivity contribution >= 4 is 51.3 Å². The van der Waals surface area contributed by atoms with Crippen LogP contribution in [0.2, 0.25) is 0 Å². The van der Waals surface area contributed by atoms with E-state index in [1.54, 1.807) is 24.6 Å². The topological polar surface area (TPSA) is 65.0 Å². The van der Waals surface area contributed by atoms with Gasteiger partial charge in [0.05, 0.1) is 6.54 Å². The minimum atomic E-state index is -3.39. The number of sulfonamides is 1. The summed E-state index contributed by atoms with van der Waals surface area (Å²) in [5.41, 5.74) is 0.523. The van der Waals surface area contributed by atoms with Gasteiger partial charge in [0.15, 0.2) is 5.96 Å². The lowest BCUT2D eigenvalue weighted by Gasteiger charge is -2.38. The van der Waals surface area contributed by atoms with Crippen molar-refractivity contribution < 1.29 is 8.42 Å². The molecular weight excluding hydrogens is 483 g/mol. The minimum absolute atomic E-state index is 0. The van der Waals surface area contributed by atoms with Crippen LogP contribution in [0.4, 0.5) is 0 Å². The van der Waals surface area contributed by atoms with Crippen LogP contribution in [0.3, 0.4) is 0 Å². The van der Waals surface area contributed by atoms with Gasteiger partial charge >= 0.3 is 0 Å². The van der Waals surface area contributed by atoms with E-state index in [0.29, 0.717) is 22.7 Å². The minimum Gasteiger partial charge on any atom is -0.357 e. The second-order valence-corrected chi connectivity index (χ2v) is 10.2.